The van der Waals surface area contributed by atoms with Crippen LogP contribution in [0, 0.1) is 0 Å². The Morgan fingerprint density at radius 2 is 1.33 bits per heavy atom. The molecule has 8 heteroatoms. The van der Waals surface area contributed by atoms with Gasteiger partial charge in [0.15, 0.2) is 8.32 Å². The maximum absolute atomic E-state index is 12.8. The van der Waals surface area contributed by atoms with Gasteiger partial charge in [-0.3, -0.25) is 0 Å². The second-order valence-electron chi connectivity index (χ2n) is 6.44. The van der Waals surface area contributed by atoms with Crippen LogP contribution in [0.5, 0.6) is 0 Å². The van der Waals surface area contributed by atoms with Crippen molar-refractivity contribution in [1.29, 1.82) is 0 Å². The minimum absolute atomic E-state index is 0.0698. The topological polar surface area (TPSA) is 9.23 Å². The average molecular weight is 372 g/mol. The van der Waals surface area contributed by atoms with E-state index in [1.165, 1.54) is 0 Å². The summed E-state index contributed by atoms with van der Waals surface area (Å²) in [4.78, 5) is 0. The molecule has 0 saturated heterocycles. The van der Waals surface area contributed by atoms with E-state index in [2.05, 4.69) is 13.1 Å². The molecule has 1 nitrogen and oxygen atoms in total. The Labute approximate surface area is 139 Å². The van der Waals surface area contributed by atoms with E-state index in [4.69, 9.17) is 4.43 Å². The van der Waals surface area contributed by atoms with Crippen molar-refractivity contribution in [2.24, 2.45) is 0 Å². The van der Waals surface area contributed by atoms with Crippen molar-refractivity contribution in [2.75, 3.05) is 7.11 Å². The highest BCUT2D eigenvalue weighted by molar-refractivity contribution is 6.71. The van der Waals surface area contributed by atoms with E-state index in [9.17, 15) is 26.3 Å². The number of halogens is 6. The van der Waals surface area contributed by atoms with Gasteiger partial charge < -0.3 is 4.43 Å². The molecule has 0 heterocycles. The summed E-state index contributed by atoms with van der Waals surface area (Å²) in [6, 6.07) is 2.70. The Balaban J connectivity index is 2.74. The second-order valence-corrected chi connectivity index (χ2v) is 10.9. The molecular formula is C16H22F6OSi. The lowest BCUT2D eigenvalue weighted by atomic mass is 10.0. The van der Waals surface area contributed by atoms with E-state index in [-0.39, 0.29) is 18.1 Å². The lowest BCUT2D eigenvalue weighted by molar-refractivity contribution is -0.143. The van der Waals surface area contributed by atoms with E-state index in [0.717, 1.165) is 31.0 Å². The van der Waals surface area contributed by atoms with Crippen LogP contribution in [-0.2, 0) is 23.2 Å². The molecule has 24 heavy (non-hydrogen) atoms. The van der Waals surface area contributed by atoms with Crippen molar-refractivity contribution in [3.05, 3.63) is 34.9 Å². The number of aryl methyl sites for hydroxylation is 1. The maximum Gasteiger partial charge on any atom is 0.416 e. The van der Waals surface area contributed by atoms with Crippen LogP contribution < -0.4 is 0 Å². The van der Waals surface area contributed by atoms with Gasteiger partial charge in [0.25, 0.3) is 0 Å². The molecule has 0 amide bonds. The Morgan fingerprint density at radius 1 is 0.833 bits per heavy atom. The van der Waals surface area contributed by atoms with Crippen molar-refractivity contribution in [3.8, 4) is 0 Å². The zero-order valence-electron chi connectivity index (χ0n) is 13.9. The molecular weight excluding hydrogens is 350 g/mol. The van der Waals surface area contributed by atoms with Crippen LogP contribution in [0.15, 0.2) is 18.2 Å². The van der Waals surface area contributed by atoms with Gasteiger partial charge in [-0.2, -0.15) is 26.3 Å². The number of alkyl halides is 6. The SMILES string of the molecule is CO[Si](C)(C)CCCCCc1cc(C(F)(F)F)cc(C(F)(F)F)c1. The summed E-state index contributed by atoms with van der Waals surface area (Å²) in [6.07, 6.45) is -7.22. The van der Waals surface area contributed by atoms with E-state index < -0.39 is 31.8 Å². The fraction of sp³-hybridized carbons (Fsp3) is 0.625. The van der Waals surface area contributed by atoms with Crippen LogP contribution >= 0.6 is 0 Å². The lowest BCUT2D eigenvalue weighted by Gasteiger charge is -2.19. The molecule has 0 spiro atoms. The predicted octanol–water partition coefficient (Wildman–Crippen LogP) is 6.29. The molecule has 0 atom stereocenters. The third-order valence-corrected chi connectivity index (χ3v) is 6.61. The molecule has 1 aromatic carbocycles. The first kappa shape index (κ1) is 21.0. The van der Waals surface area contributed by atoms with Gasteiger partial charge in [-0.25, -0.2) is 0 Å². The number of benzene rings is 1. The average Bonchev–Trinajstić information content (AvgIpc) is 2.44. The molecule has 0 radical (unpaired) electrons. The van der Waals surface area contributed by atoms with Crippen molar-refractivity contribution < 1.29 is 30.8 Å². The number of rotatable bonds is 7. The van der Waals surface area contributed by atoms with Crippen LogP contribution in [-0.4, -0.2) is 15.4 Å². The summed E-state index contributed by atoms with van der Waals surface area (Å²) in [5.41, 5.74) is -2.43. The van der Waals surface area contributed by atoms with Crippen molar-refractivity contribution in [3.63, 3.8) is 0 Å². The third-order valence-electron chi connectivity index (χ3n) is 3.94. The lowest BCUT2D eigenvalue weighted by Crippen LogP contribution is -2.27. The third kappa shape index (κ3) is 6.84. The summed E-state index contributed by atoms with van der Waals surface area (Å²) in [5.74, 6) is 0. The van der Waals surface area contributed by atoms with Gasteiger partial charge in [0, 0.05) is 7.11 Å². The Hall–Kier alpha value is -1.02. The zero-order chi connectivity index (χ0) is 18.6. The summed E-state index contributed by atoms with van der Waals surface area (Å²) in [7, 11) is -0.0115. The second kappa shape index (κ2) is 7.90. The van der Waals surface area contributed by atoms with Crippen LogP contribution in [0.1, 0.15) is 36.0 Å². The zero-order valence-corrected chi connectivity index (χ0v) is 14.9. The van der Waals surface area contributed by atoms with Gasteiger partial charge in [-0.1, -0.05) is 12.8 Å². The quantitative estimate of drug-likeness (QED) is 0.310. The molecule has 0 aliphatic carbocycles. The van der Waals surface area contributed by atoms with Crippen LogP contribution in [0.3, 0.4) is 0 Å². The highest BCUT2D eigenvalue weighted by atomic mass is 28.4. The van der Waals surface area contributed by atoms with Gasteiger partial charge in [0.1, 0.15) is 0 Å². The number of hydrogen-bond acceptors (Lipinski definition) is 1. The van der Waals surface area contributed by atoms with E-state index >= 15 is 0 Å². The minimum Gasteiger partial charge on any atom is -0.420 e. The molecule has 0 unspecified atom stereocenters. The van der Waals surface area contributed by atoms with Gasteiger partial charge >= 0.3 is 12.4 Å². The van der Waals surface area contributed by atoms with Crippen LogP contribution in [0.2, 0.25) is 19.1 Å². The molecule has 0 bridgehead atoms. The maximum atomic E-state index is 12.8. The number of hydrogen-bond donors (Lipinski definition) is 0. The Morgan fingerprint density at radius 3 is 1.75 bits per heavy atom. The fourth-order valence-electron chi connectivity index (χ4n) is 2.32. The first-order chi connectivity index (χ1) is 10.8. The molecule has 0 aliphatic heterocycles. The summed E-state index contributed by atoms with van der Waals surface area (Å²) in [6.45, 7) is 4.13. The summed E-state index contributed by atoms with van der Waals surface area (Å²) >= 11 is 0. The smallest absolute Gasteiger partial charge is 0.416 e. The molecule has 0 aromatic heterocycles. The first-order valence-electron chi connectivity index (χ1n) is 7.69. The summed E-state index contributed by atoms with van der Waals surface area (Å²) in [5, 5.41) is 0. The van der Waals surface area contributed by atoms with Gasteiger partial charge in [-0.15, -0.1) is 0 Å². The van der Waals surface area contributed by atoms with Crippen LogP contribution in [0.4, 0.5) is 26.3 Å². The van der Waals surface area contributed by atoms with Crippen molar-refractivity contribution in [2.45, 2.75) is 57.2 Å². The molecule has 0 fully saturated rings. The predicted molar refractivity (Wildman–Crippen MR) is 83.3 cm³/mol. The largest absolute Gasteiger partial charge is 0.420 e. The molecule has 0 saturated carbocycles. The molecule has 1 aromatic rings. The Kier molecular flexibility index (Phi) is 6.92. The van der Waals surface area contributed by atoms with E-state index in [0.29, 0.717) is 6.42 Å². The van der Waals surface area contributed by atoms with Gasteiger partial charge in [0.05, 0.1) is 11.1 Å². The molecule has 1 rings (SSSR count). The fourth-order valence-corrected chi connectivity index (χ4v) is 3.63. The monoisotopic (exact) mass is 372 g/mol. The summed E-state index contributed by atoms with van der Waals surface area (Å²) < 4.78 is 82.0. The van der Waals surface area contributed by atoms with Crippen molar-refractivity contribution in [1.82, 2.24) is 0 Å². The minimum atomic E-state index is -4.79. The van der Waals surface area contributed by atoms with E-state index in [1.807, 2.05) is 0 Å². The highest BCUT2D eigenvalue weighted by Crippen LogP contribution is 2.36. The normalized spacial score (nSPS) is 13.4. The van der Waals surface area contributed by atoms with Crippen LogP contribution in [0.25, 0.3) is 0 Å². The van der Waals surface area contributed by atoms with Gasteiger partial charge in [0.2, 0.25) is 0 Å². The first-order valence-corrected chi connectivity index (χ1v) is 10.8. The van der Waals surface area contributed by atoms with E-state index in [1.54, 1.807) is 7.11 Å². The van der Waals surface area contributed by atoms with Crippen molar-refractivity contribution >= 4 is 8.32 Å². The number of unbranched alkanes of at least 4 members (excludes halogenated alkanes) is 2. The molecule has 138 valence electrons. The highest BCUT2D eigenvalue weighted by Gasteiger charge is 2.36. The molecule has 0 N–H and O–H groups in total. The standard InChI is InChI=1S/C16H22F6OSi/c1-23-24(2,3)8-6-4-5-7-12-9-13(15(17,18)19)11-14(10-12)16(20,21)22/h9-11H,4-8H2,1-3H3. The molecule has 0 aliphatic rings. The Bertz CT molecular complexity index is 504. The van der Waals surface area contributed by atoms with Gasteiger partial charge in [-0.05, 0) is 55.7 Å².